The highest BCUT2D eigenvalue weighted by Crippen LogP contribution is 2.33. The zero-order valence-corrected chi connectivity index (χ0v) is 15.7. The van der Waals surface area contributed by atoms with Crippen LogP contribution in [0.1, 0.15) is 24.4 Å². The van der Waals surface area contributed by atoms with E-state index in [0.29, 0.717) is 44.8 Å². The summed E-state index contributed by atoms with van der Waals surface area (Å²) in [6, 6.07) is 3.57. The number of carbonyl (C=O) groups is 1. The number of carbonyl (C=O) groups excluding carboxylic acids is 1. The van der Waals surface area contributed by atoms with E-state index in [-0.39, 0.29) is 18.0 Å². The molecule has 3 heterocycles. The van der Waals surface area contributed by atoms with E-state index in [0.717, 1.165) is 5.56 Å². The summed E-state index contributed by atoms with van der Waals surface area (Å²) in [5.41, 5.74) is 0.737. The summed E-state index contributed by atoms with van der Waals surface area (Å²) in [6.07, 6.45) is -3.73. The Bertz CT molecular complexity index is 761. The summed E-state index contributed by atoms with van der Waals surface area (Å²) in [4.78, 5) is 14.8. The predicted octanol–water partition coefficient (Wildman–Crippen LogP) is 1.76. The van der Waals surface area contributed by atoms with Crippen LogP contribution in [0.15, 0.2) is 18.2 Å². The van der Waals surface area contributed by atoms with Crippen molar-refractivity contribution in [1.82, 2.24) is 15.5 Å². The fourth-order valence-electron chi connectivity index (χ4n) is 4.25. The Morgan fingerprint density at radius 3 is 2.97 bits per heavy atom. The molecule has 0 spiro atoms. The maximum absolute atomic E-state index is 13.4. The van der Waals surface area contributed by atoms with E-state index in [9.17, 15) is 22.4 Å². The smallest absolute Gasteiger partial charge is 0.411 e. The largest absolute Gasteiger partial charge is 0.493 e. The second kappa shape index (κ2) is 8.08. The zero-order chi connectivity index (χ0) is 20.6. The second-order valence-electron chi connectivity index (χ2n) is 7.73. The number of ether oxygens (including phenoxy) is 2. The van der Waals surface area contributed by atoms with E-state index in [1.807, 2.05) is 4.90 Å². The summed E-state index contributed by atoms with van der Waals surface area (Å²) >= 11 is 0. The number of hydrogen-bond acceptors (Lipinski definition) is 5. The minimum atomic E-state index is -4.34. The van der Waals surface area contributed by atoms with Crippen LogP contribution in [0.25, 0.3) is 0 Å². The molecule has 3 aliphatic rings. The number of fused-ring (bicyclic) bond motifs is 2. The lowest BCUT2D eigenvalue weighted by molar-refractivity contribution is -0.183. The molecular weight excluding hydrogens is 394 g/mol. The van der Waals surface area contributed by atoms with Gasteiger partial charge in [-0.3, -0.25) is 9.69 Å². The molecule has 0 aromatic heterocycles. The van der Waals surface area contributed by atoms with Gasteiger partial charge in [0.25, 0.3) is 0 Å². The minimum absolute atomic E-state index is 0.0593. The molecule has 0 radical (unpaired) electrons. The lowest BCUT2D eigenvalue weighted by Crippen LogP contribution is -2.59. The third-order valence-corrected chi connectivity index (χ3v) is 5.64. The highest BCUT2D eigenvalue weighted by molar-refractivity contribution is 5.82. The van der Waals surface area contributed by atoms with E-state index in [1.54, 1.807) is 6.07 Å². The molecule has 3 unspecified atom stereocenters. The molecule has 0 aliphatic carbocycles. The number of hydrogen-bond donors (Lipinski definition) is 2. The third kappa shape index (κ3) is 4.81. The number of nitrogens with zero attached hydrogens (tertiary/aromatic N) is 1. The Morgan fingerprint density at radius 1 is 1.34 bits per heavy atom. The molecule has 0 bridgehead atoms. The molecule has 4 atom stereocenters. The van der Waals surface area contributed by atoms with Crippen LogP contribution in [-0.4, -0.2) is 68.0 Å². The van der Waals surface area contributed by atoms with E-state index in [1.165, 1.54) is 12.1 Å². The molecule has 6 nitrogen and oxygen atoms in total. The first kappa shape index (κ1) is 20.4. The van der Waals surface area contributed by atoms with Crippen molar-refractivity contribution in [2.24, 2.45) is 0 Å². The van der Waals surface area contributed by atoms with Crippen molar-refractivity contribution in [2.75, 3.05) is 32.8 Å². The van der Waals surface area contributed by atoms with Crippen LogP contribution in [0.2, 0.25) is 0 Å². The van der Waals surface area contributed by atoms with Gasteiger partial charge in [-0.25, -0.2) is 4.39 Å². The van der Waals surface area contributed by atoms with Gasteiger partial charge in [-0.15, -0.1) is 0 Å². The highest BCUT2D eigenvalue weighted by atomic mass is 19.4. The van der Waals surface area contributed by atoms with Gasteiger partial charge in [0.05, 0.1) is 24.8 Å². The Hall–Kier alpha value is -1.91. The summed E-state index contributed by atoms with van der Waals surface area (Å²) in [7, 11) is 0. The standard InChI is InChI=1S/C19H23F4N3O3/c20-11-1-2-14-15(3-4-28-17(14)5-11)25-18(27)16-9-26-8-13(6-12(26)7-24-16)29-10-19(21,22)23/h1-2,5,12-13,15-16,24H,3-4,6-10H2,(H,25,27)/t12?,13?,15-,16?/m1/s1. The fraction of sp³-hybridized carbons (Fsp3) is 0.632. The second-order valence-corrected chi connectivity index (χ2v) is 7.73. The summed E-state index contributed by atoms with van der Waals surface area (Å²) in [5.74, 6) is -0.153. The Balaban J connectivity index is 1.32. The maximum Gasteiger partial charge on any atom is 0.411 e. The zero-order valence-electron chi connectivity index (χ0n) is 15.7. The van der Waals surface area contributed by atoms with E-state index in [4.69, 9.17) is 9.47 Å². The van der Waals surface area contributed by atoms with Crippen LogP contribution in [-0.2, 0) is 9.53 Å². The molecular formula is C19H23F4N3O3. The van der Waals surface area contributed by atoms with Gasteiger partial charge in [0.15, 0.2) is 0 Å². The summed E-state index contributed by atoms with van der Waals surface area (Å²) in [5, 5.41) is 6.17. The van der Waals surface area contributed by atoms with Gasteiger partial charge in [0.1, 0.15) is 18.2 Å². The number of piperazine rings is 1. The molecule has 3 aliphatic heterocycles. The van der Waals surface area contributed by atoms with Gasteiger partial charge in [-0.1, -0.05) is 6.07 Å². The average molecular weight is 417 g/mol. The van der Waals surface area contributed by atoms with E-state index >= 15 is 0 Å². The van der Waals surface area contributed by atoms with Crippen molar-refractivity contribution in [3.8, 4) is 5.75 Å². The average Bonchev–Trinajstić information content (AvgIpc) is 3.08. The van der Waals surface area contributed by atoms with Gasteiger partial charge in [-0.2, -0.15) is 13.2 Å². The van der Waals surface area contributed by atoms with Crippen LogP contribution < -0.4 is 15.4 Å². The van der Waals surface area contributed by atoms with Gasteiger partial charge in [0.2, 0.25) is 5.91 Å². The number of amides is 1. The minimum Gasteiger partial charge on any atom is -0.493 e. The monoisotopic (exact) mass is 417 g/mol. The molecule has 29 heavy (non-hydrogen) atoms. The Morgan fingerprint density at radius 2 is 2.17 bits per heavy atom. The highest BCUT2D eigenvalue weighted by Gasteiger charge is 2.41. The van der Waals surface area contributed by atoms with Crippen LogP contribution in [0, 0.1) is 5.82 Å². The van der Waals surface area contributed by atoms with Crippen molar-refractivity contribution >= 4 is 5.91 Å². The van der Waals surface area contributed by atoms with Crippen LogP contribution in [0.5, 0.6) is 5.75 Å². The molecule has 0 saturated carbocycles. The molecule has 10 heteroatoms. The first-order valence-electron chi connectivity index (χ1n) is 9.67. The third-order valence-electron chi connectivity index (χ3n) is 5.64. The van der Waals surface area contributed by atoms with Crippen LogP contribution in [0.3, 0.4) is 0 Å². The van der Waals surface area contributed by atoms with E-state index in [2.05, 4.69) is 10.6 Å². The first-order chi connectivity index (χ1) is 13.8. The van der Waals surface area contributed by atoms with E-state index < -0.39 is 30.7 Å². The van der Waals surface area contributed by atoms with Gasteiger partial charge >= 0.3 is 6.18 Å². The van der Waals surface area contributed by atoms with Crippen molar-refractivity contribution in [3.63, 3.8) is 0 Å². The van der Waals surface area contributed by atoms with Gasteiger partial charge in [-0.05, 0) is 12.5 Å². The molecule has 1 aromatic carbocycles. The fourth-order valence-corrected chi connectivity index (χ4v) is 4.25. The van der Waals surface area contributed by atoms with Crippen molar-refractivity contribution in [2.45, 2.75) is 43.2 Å². The normalized spacial score (nSPS) is 29.7. The van der Waals surface area contributed by atoms with Crippen molar-refractivity contribution in [3.05, 3.63) is 29.6 Å². The number of nitrogens with one attached hydrogen (secondary N) is 2. The van der Waals surface area contributed by atoms with Gasteiger partial charge < -0.3 is 20.1 Å². The lowest BCUT2D eigenvalue weighted by Gasteiger charge is -2.36. The molecule has 1 amide bonds. The topological polar surface area (TPSA) is 62.8 Å². The summed E-state index contributed by atoms with van der Waals surface area (Å²) in [6.45, 7) is 0.429. The van der Waals surface area contributed by atoms with Crippen molar-refractivity contribution < 1.29 is 31.8 Å². The molecule has 2 fully saturated rings. The predicted molar refractivity (Wildman–Crippen MR) is 95.0 cm³/mol. The summed E-state index contributed by atoms with van der Waals surface area (Å²) < 4.78 is 60.9. The van der Waals surface area contributed by atoms with Crippen LogP contribution in [0.4, 0.5) is 17.6 Å². The Labute approximate surface area is 165 Å². The molecule has 160 valence electrons. The number of rotatable bonds is 4. The first-order valence-corrected chi connectivity index (χ1v) is 9.67. The van der Waals surface area contributed by atoms with Crippen molar-refractivity contribution in [1.29, 1.82) is 0 Å². The number of benzene rings is 1. The SMILES string of the molecule is O=C(N[C@@H]1CCOc2cc(F)ccc21)C1CN2CC(OCC(F)(F)F)CC2CN1. The maximum atomic E-state index is 13.4. The number of halogens is 4. The Kier molecular flexibility index (Phi) is 5.67. The molecule has 1 aromatic rings. The molecule has 4 rings (SSSR count). The molecule has 2 N–H and O–H groups in total. The molecule has 2 saturated heterocycles. The quantitative estimate of drug-likeness (QED) is 0.732. The van der Waals surface area contributed by atoms with Crippen LogP contribution >= 0.6 is 0 Å². The number of alkyl halides is 3. The lowest BCUT2D eigenvalue weighted by atomic mass is 9.99. The van der Waals surface area contributed by atoms with Gasteiger partial charge in [0, 0.05) is 43.7 Å².